The van der Waals surface area contributed by atoms with Crippen molar-refractivity contribution in [2.75, 3.05) is 25.6 Å². The van der Waals surface area contributed by atoms with Crippen LogP contribution in [0.25, 0.3) is 0 Å². The van der Waals surface area contributed by atoms with Gasteiger partial charge in [0.1, 0.15) is 0 Å². The minimum absolute atomic E-state index is 0.244. The quantitative estimate of drug-likeness (QED) is 0.767. The lowest BCUT2D eigenvalue weighted by Crippen LogP contribution is -2.26. The van der Waals surface area contributed by atoms with Crippen LogP contribution in [0, 0.1) is 0 Å². The summed E-state index contributed by atoms with van der Waals surface area (Å²) in [6.07, 6.45) is 0.801. The largest absolute Gasteiger partial charge is 0.396 e. The first-order valence-corrected chi connectivity index (χ1v) is 5.74. The van der Waals surface area contributed by atoms with E-state index in [9.17, 15) is 0 Å². The summed E-state index contributed by atoms with van der Waals surface area (Å²) in [4.78, 5) is 2.09. The SMILES string of the molecule is CC(CCO)NCc1ccc(N(C)C)cc1. The van der Waals surface area contributed by atoms with E-state index < -0.39 is 0 Å². The molecule has 0 aliphatic rings. The smallest absolute Gasteiger partial charge is 0.0445 e. The van der Waals surface area contributed by atoms with Crippen molar-refractivity contribution in [3.63, 3.8) is 0 Å². The highest BCUT2D eigenvalue weighted by Crippen LogP contribution is 2.12. The van der Waals surface area contributed by atoms with Crippen molar-refractivity contribution >= 4 is 5.69 Å². The minimum Gasteiger partial charge on any atom is -0.396 e. The zero-order valence-corrected chi connectivity index (χ0v) is 10.4. The number of benzene rings is 1. The normalized spacial score (nSPS) is 12.5. The van der Waals surface area contributed by atoms with E-state index in [1.54, 1.807) is 0 Å². The number of hydrogen-bond acceptors (Lipinski definition) is 3. The van der Waals surface area contributed by atoms with Crippen LogP contribution in [0.4, 0.5) is 5.69 Å². The minimum atomic E-state index is 0.244. The zero-order chi connectivity index (χ0) is 12.0. The molecule has 0 fully saturated rings. The summed E-state index contributed by atoms with van der Waals surface area (Å²) in [5, 5.41) is 12.2. The van der Waals surface area contributed by atoms with Gasteiger partial charge in [-0.15, -0.1) is 0 Å². The monoisotopic (exact) mass is 222 g/mol. The van der Waals surface area contributed by atoms with Crippen LogP contribution in [0.3, 0.4) is 0 Å². The Morgan fingerprint density at radius 3 is 2.38 bits per heavy atom. The number of nitrogens with zero attached hydrogens (tertiary/aromatic N) is 1. The summed E-state index contributed by atoms with van der Waals surface area (Å²) in [7, 11) is 4.08. The summed E-state index contributed by atoms with van der Waals surface area (Å²) >= 11 is 0. The van der Waals surface area contributed by atoms with Crippen LogP contribution in [0.15, 0.2) is 24.3 Å². The molecule has 1 rings (SSSR count). The summed E-state index contributed by atoms with van der Waals surface area (Å²) in [6.45, 7) is 3.19. The molecule has 0 aliphatic heterocycles. The van der Waals surface area contributed by atoms with E-state index in [1.165, 1.54) is 11.3 Å². The number of nitrogens with one attached hydrogen (secondary N) is 1. The highest BCUT2D eigenvalue weighted by molar-refractivity contribution is 5.45. The molecular formula is C13H22N2O. The van der Waals surface area contributed by atoms with Crippen molar-refractivity contribution in [3.8, 4) is 0 Å². The number of rotatable bonds is 6. The molecule has 0 saturated carbocycles. The van der Waals surface area contributed by atoms with Gasteiger partial charge in [-0.2, -0.15) is 0 Å². The summed E-state index contributed by atoms with van der Waals surface area (Å²) < 4.78 is 0. The Balaban J connectivity index is 2.43. The fourth-order valence-corrected chi connectivity index (χ4v) is 1.50. The van der Waals surface area contributed by atoms with Gasteiger partial charge < -0.3 is 15.3 Å². The number of aliphatic hydroxyl groups is 1. The summed E-state index contributed by atoms with van der Waals surface area (Å²) in [6, 6.07) is 8.86. The maximum Gasteiger partial charge on any atom is 0.0445 e. The first kappa shape index (κ1) is 13.0. The van der Waals surface area contributed by atoms with E-state index in [2.05, 4.69) is 41.4 Å². The predicted octanol–water partition coefficient (Wildman–Crippen LogP) is 1.61. The van der Waals surface area contributed by atoms with Crippen molar-refractivity contribution in [2.45, 2.75) is 25.9 Å². The second-order valence-electron chi connectivity index (χ2n) is 4.36. The number of aliphatic hydroxyl groups excluding tert-OH is 1. The van der Waals surface area contributed by atoms with E-state index in [0.29, 0.717) is 6.04 Å². The molecule has 3 nitrogen and oxygen atoms in total. The van der Waals surface area contributed by atoms with Crippen LogP contribution >= 0.6 is 0 Å². The van der Waals surface area contributed by atoms with Crippen molar-refractivity contribution < 1.29 is 5.11 Å². The zero-order valence-electron chi connectivity index (χ0n) is 10.4. The van der Waals surface area contributed by atoms with Crippen molar-refractivity contribution in [2.24, 2.45) is 0 Å². The van der Waals surface area contributed by atoms with Crippen LogP contribution in [0.1, 0.15) is 18.9 Å². The van der Waals surface area contributed by atoms with Crippen LogP contribution in [-0.2, 0) is 6.54 Å². The topological polar surface area (TPSA) is 35.5 Å². The molecule has 0 radical (unpaired) electrons. The van der Waals surface area contributed by atoms with E-state index in [1.807, 2.05) is 14.1 Å². The summed E-state index contributed by atoms with van der Waals surface area (Å²) in [5.41, 5.74) is 2.49. The van der Waals surface area contributed by atoms with Gasteiger partial charge in [0.05, 0.1) is 0 Å². The lowest BCUT2D eigenvalue weighted by Gasteiger charge is -2.14. The van der Waals surface area contributed by atoms with E-state index >= 15 is 0 Å². The van der Waals surface area contributed by atoms with Gasteiger partial charge in [0.15, 0.2) is 0 Å². The van der Waals surface area contributed by atoms with Gasteiger partial charge in [-0.3, -0.25) is 0 Å². The van der Waals surface area contributed by atoms with Crippen molar-refractivity contribution in [1.29, 1.82) is 0 Å². The maximum atomic E-state index is 8.79. The van der Waals surface area contributed by atoms with Gasteiger partial charge in [0.2, 0.25) is 0 Å². The molecule has 2 N–H and O–H groups in total. The van der Waals surface area contributed by atoms with Crippen LogP contribution in [0.2, 0.25) is 0 Å². The molecule has 3 heteroatoms. The molecule has 0 bridgehead atoms. The van der Waals surface area contributed by atoms with Crippen LogP contribution in [-0.4, -0.2) is 31.9 Å². The molecule has 16 heavy (non-hydrogen) atoms. The molecule has 0 heterocycles. The van der Waals surface area contributed by atoms with Crippen LogP contribution < -0.4 is 10.2 Å². The molecule has 1 aromatic carbocycles. The molecule has 1 aromatic rings. The number of anilines is 1. The maximum absolute atomic E-state index is 8.79. The number of hydrogen-bond donors (Lipinski definition) is 2. The molecule has 0 saturated heterocycles. The molecule has 0 aromatic heterocycles. The Morgan fingerprint density at radius 1 is 1.25 bits per heavy atom. The molecule has 0 amide bonds. The van der Waals surface area contributed by atoms with E-state index in [-0.39, 0.29) is 6.61 Å². The van der Waals surface area contributed by atoms with Gasteiger partial charge >= 0.3 is 0 Å². The van der Waals surface area contributed by atoms with Gasteiger partial charge in [0.25, 0.3) is 0 Å². The average Bonchev–Trinajstić information content (AvgIpc) is 2.27. The predicted molar refractivity (Wildman–Crippen MR) is 68.8 cm³/mol. The third-order valence-electron chi connectivity index (χ3n) is 2.67. The standard InChI is InChI=1S/C13H22N2O/c1-11(8-9-16)14-10-12-4-6-13(7-5-12)15(2)3/h4-7,11,14,16H,8-10H2,1-3H3. The van der Waals surface area contributed by atoms with Gasteiger partial charge in [-0.25, -0.2) is 0 Å². The van der Waals surface area contributed by atoms with Crippen molar-refractivity contribution in [3.05, 3.63) is 29.8 Å². The fourth-order valence-electron chi connectivity index (χ4n) is 1.50. The van der Waals surface area contributed by atoms with Gasteiger partial charge in [0, 0.05) is 39.0 Å². The lowest BCUT2D eigenvalue weighted by atomic mass is 10.1. The van der Waals surface area contributed by atoms with Crippen molar-refractivity contribution in [1.82, 2.24) is 5.32 Å². The third-order valence-corrected chi connectivity index (χ3v) is 2.67. The van der Waals surface area contributed by atoms with Crippen LogP contribution in [0.5, 0.6) is 0 Å². The Bertz CT molecular complexity index is 295. The lowest BCUT2D eigenvalue weighted by molar-refractivity contribution is 0.268. The fraction of sp³-hybridized carbons (Fsp3) is 0.538. The average molecular weight is 222 g/mol. The molecule has 0 aliphatic carbocycles. The first-order chi connectivity index (χ1) is 7.63. The Labute approximate surface area is 98.1 Å². The Kier molecular flexibility index (Phi) is 5.29. The second kappa shape index (κ2) is 6.51. The Morgan fingerprint density at radius 2 is 1.88 bits per heavy atom. The molecule has 0 spiro atoms. The van der Waals surface area contributed by atoms with E-state index in [4.69, 9.17) is 5.11 Å². The van der Waals surface area contributed by atoms with Gasteiger partial charge in [-0.1, -0.05) is 12.1 Å². The molecular weight excluding hydrogens is 200 g/mol. The molecule has 1 unspecified atom stereocenters. The molecule has 1 atom stereocenters. The Hall–Kier alpha value is -1.06. The molecule has 90 valence electrons. The highest BCUT2D eigenvalue weighted by Gasteiger charge is 2.00. The second-order valence-corrected chi connectivity index (χ2v) is 4.36. The summed E-state index contributed by atoms with van der Waals surface area (Å²) in [5.74, 6) is 0. The highest BCUT2D eigenvalue weighted by atomic mass is 16.3. The van der Waals surface area contributed by atoms with Gasteiger partial charge in [-0.05, 0) is 31.0 Å². The third kappa shape index (κ3) is 4.21. The first-order valence-electron chi connectivity index (χ1n) is 5.74. The van der Waals surface area contributed by atoms with E-state index in [0.717, 1.165) is 13.0 Å².